The fourth-order valence-electron chi connectivity index (χ4n) is 4.92. The minimum atomic E-state index is -0.124. The van der Waals surface area contributed by atoms with Crippen LogP contribution in [-0.2, 0) is 4.74 Å². The van der Waals surface area contributed by atoms with Crippen molar-refractivity contribution < 1.29 is 9.47 Å². The highest BCUT2D eigenvalue weighted by atomic mass is 16.5. The number of hydrogen-bond donors (Lipinski definition) is 1. The van der Waals surface area contributed by atoms with Crippen LogP contribution in [0.2, 0.25) is 0 Å². The third-order valence-electron chi connectivity index (χ3n) is 6.50. The van der Waals surface area contributed by atoms with Gasteiger partial charge >= 0.3 is 0 Å². The van der Waals surface area contributed by atoms with Crippen LogP contribution >= 0.6 is 0 Å². The molecule has 0 amide bonds. The van der Waals surface area contributed by atoms with Gasteiger partial charge in [0.05, 0.1) is 31.7 Å². The Morgan fingerprint density at radius 1 is 1.22 bits per heavy atom. The van der Waals surface area contributed by atoms with Crippen LogP contribution in [0.15, 0.2) is 35.7 Å². The molecule has 2 aromatic rings. The summed E-state index contributed by atoms with van der Waals surface area (Å²) in [5.41, 5.74) is 1.97. The molecule has 0 aromatic carbocycles. The van der Waals surface area contributed by atoms with Gasteiger partial charge in [0.15, 0.2) is 5.82 Å². The van der Waals surface area contributed by atoms with E-state index in [1.54, 1.807) is 31.8 Å². The summed E-state index contributed by atoms with van der Waals surface area (Å²) in [6.07, 6.45) is 7.71. The zero-order valence-corrected chi connectivity index (χ0v) is 15.1. The summed E-state index contributed by atoms with van der Waals surface area (Å²) in [6, 6.07) is 4.28. The van der Waals surface area contributed by atoms with Crippen LogP contribution in [0, 0.1) is 5.92 Å². The molecule has 3 aliphatic heterocycles. The van der Waals surface area contributed by atoms with E-state index in [0.29, 0.717) is 29.2 Å². The molecule has 0 radical (unpaired) electrons. The lowest BCUT2D eigenvalue weighted by atomic mass is 9.98. The van der Waals surface area contributed by atoms with Crippen LogP contribution in [0.5, 0.6) is 5.88 Å². The Kier molecular flexibility index (Phi) is 2.93. The molecule has 2 saturated heterocycles. The number of aromatic nitrogens is 3. The van der Waals surface area contributed by atoms with E-state index in [2.05, 4.69) is 30.2 Å². The number of amidine groups is 1. The molecule has 4 aliphatic rings. The van der Waals surface area contributed by atoms with Crippen molar-refractivity contribution in [1.82, 2.24) is 19.9 Å². The molecule has 5 heterocycles. The number of aliphatic imine (C=N–C) groups is 1. The monoisotopic (exact) mass is 364 g/mol. The average molecular weight is 364 g/mol. The molecular weight excluding hydrogens is 344 g/mol. The molecular formula is C19H20N6O2. The first-order valence-corrected chi connectivity index (χ1v) is 9.29. The maximum absolute atomic E-state index is 6.29. The minimum absolute atomic E-state index is 0.124. The SMILES string of the molecule is COc1ccc(-c2cnc(NC3=NC[C@@]4(CN5CCC56CC64)O3)cn2)cn1. The average Bonchev–Trinajstić information content (AvgIpc) is 3.34. The van der Waals surface area contributed by atoms with Crippen molar-refractivity contribution >= 4 is 11.8 Å². The smallest absolute Gasteiger partial charge is 0.291 e. The van der Waals surface area contributed by atoms with E-state index in [-0.39, 0.29) is 5.60 Å². The highest BCUT2D eigenvalue weighted by molar-refractivity contribution is 5.89. The third kappa shape index (κ3) is 2.13. The molecule has 1 saturated carbocycles. The zero-order valence-electron chi connectivity index (χ0n) is 15.1. The topological polar surface area (TPSA) is 84.8 Å². The number of hydrogen-bond acceptors (Lipinski definition) is 8. The predicted molar refractivity (Wildman–Crippen MR) is 98.6 cm³/mol. The van der Waals surface area contributed by atoms with Crippen molar-refractivity contribution in [2.75, 3.05) is 32.1 Å². The number of methoxy groups -OCH3 is 1. The van der Waals surface area contributed by atoms with E-state index < -0.39 is 0 Å². The van der Waals surface area contributed by atoms with Crippen LogP contribution in [0.1, 0.15) is 12.8 Å². The molecule has 27 heavy (non-hydrogen) atoms. The lowest BCUT2D eigenvalue weighted by Gasteiger charge is -2.39. The maximum atomic E-state index is 6.29. The molecule has 2 aromatic heterocycles. The van der Waals surface area contributed by atoms with Crippen molar-refractivity contribution in [3.63, 3.8) is 0 Å². The summed E-state index contributed by atoms with van der Waals surface area (Å²) in [5.74, 6) is 1.84. The number of nitrogens with zero attached hydrogens (tertiary/aromatic N) is 5. The maximum Gasteiger partial charge on any atom is 0.291 e. The van der Waals surface area contributed by atoms with Gasteiger partial charge in [-0.2, -0.15) is 0 Å². The molecule has 2 unspecified atom stereocenters. The minimum Gasteiger partial charge on any atom is -0.481 e. The number of nitrogens with one attached hydrogen (secondary N) is 1. The fraction of sp³-hybridized carbons (Fsp3) is 0.474. The summed E-state index contributed by atoms with van der Waals surface area (Å²) in [5, 5.41) is 3.18. The normalized spacial score (nSPS) is 32.9. The van der Waals surface area contributed by atoms with Gasteiger partial charge in [-0.05, 0) is 18.9 Å². The quantitative estimate of drug-likeness (QED) is 0.885. The highest BCUT2D eigenvalue weighted by Gasteiger charge is 2.77. The number of rotatable bonds is 3. The number of ether oxygens (including phenoxy) is 2. The second kappa shape index (κ2) is 5.16. The van der Waals surface area contributed by atoms with Gasteiger partial charge in [-0.25, -0.2) is 15.0 Å². The van der Waals surface area contributed by atoms with Crippen LogP contribution in [0.3, 0.4) is 0 Å². The van der Waals surface area contributed by atoms with Gasteiger partial charge in [-0.1, -0.05) is 0 Å². The van der Waals surface area contributed by atoms with E-state index in [0.717, 1.165) is 24.3 Å². The Labute approximate surface area is 156 Å². The van der Waals surface area contributed by atoms with Crippen LogP contribution < -0.4 is 10.1 Å². The molecule has 2 spiro atoms. The van der Waals surface area contributed by atoms with Gasteiger partial charge in [0.2, 0.25) is 5.88 Å². The number of pyridine rings is 1. The molecule has 3 atom stereocenters. The van der Waals surface area contributed by atoms with Crippen LogP contribution in [-0.4, -0.2) is 63.8 Å². The van der Waals surface area contributed by atoms with Crippen molar-refractivity contribution in [2.45, 2.75) is 24.0 Å². The summed E-state index contributed by atoms with van der Waals surface area (Å²) in [7, 11) is 1.59. The summed E-state index contributed by atoms with van der Waals surface area (Å²) >= 11 is 0. The van der Waals surface area contributed by atoms with E-state index in [4.69, 9.17) is 9.47 Å². The van der Waals surface area contributed by atoms with Crippen molar-refractivity contribution in [1.29, 1.82) is 0 Å². The van der Waals surface area contributed by atoms with Crippen LogP contribution in [0.25, 0.3) is 11.3 Å². The van der Waals surface area contributed by atoms with E-state index in [9.17, 15) is 0 Å². The van der Waals surface area contributed by atoms with Gasteiger partial charge in [0, 0.05) is 42.4 Å². The van der Waals surface area contributed by atoms with Gasteiger partial charge < -0.3 is 9.47 Å². The second-order valence-electron chi connectivity index (χ2n) is 7.82. The van der Waals surface area contributed by atoms with Gasteiger partial charge in [-0.15, -0.1) is 0 Å². The largest absolute Gasteiger partial charge is 0.481 e. The second-order valence-corrected chi connectivity index (χ2v) is 7.82. The van der Waals surface area contributed by atoms with Gasteiger partial charge in [-0.3, -0.25) is 15.2 Å². The first kappa shape index (κ1) is 15.3. The molecule has 138 valence electrons. The Morgan fingerprint density at radius 2 is 2.19 bits per heavy atom. The first-order chi connectivity index (χ1) is 13.2. The molecule has 8 nitrogen and oxygen atoms in total. The summed E-state index contributed by atoms with van der Waals surface area (Å²) in [6.45, 7) is 2.94. The van der Waals surface area contributed by atoms with Crippen molar-refractivity contribution in [2.24, 2.45) is 10.9 Å². The lowest BCUT2D eigenvalue weighted by molar-refractivity contribution is 0.0433. The standard InChI is InChI=1S/C19H20N6O2/c1-26-16-3-2-12(7-22-16)13-8-21-15(9-20-13)24-17-23-10-19(27-17)11-25-5-4-18(25)6-14(18)19/h2-3,7-9,14H,4-6,10-11H2,1H3,(H,21,23,24)/t14?,18?,19-/m0/s1. The molecule has 8 heteroatoms. The van der Waals surface area contributed by atoms with Gasteiger partial charge in [0.1, 0.15) is 5.60 Å². The van der Waals surface area contributed by atoms with E-state index in [1.165, 1.54) is 19.4 Å². The lowest BCUT2D eigenvalue weighted by Crippen LogP contribution is -2.49. The number of anilines is 1. The highest BCUT2D eigenvalue weighted by Crippen LogP contribution is 2.67. The fourth-order valence-corrected chi connectivity index (χ4v) is 4.92. The van der Waals surface area contributed by atoms with Crippen molar-refractivity contribution in [3.05, 3.63) is 30.7 Å². The Balaban J connectivity index is 1.14. The predicted octanol–water partition coefficient (Wildman–Crippen LogP) is 1.56. The molecule has 3 fully saturated rings. The van der Waals surface area contributed by atoms with Gasteiger partial charge in [0.25, 0.3) is 6.02 Å². The molecule has 1 N–H and O–H groups in total. The summed E-state index contributed by atoms with van der Waals surface area (Å²) in [4.78, 5) is 20.3. The Morgan fingerprint density at radius 3 is 2.78 bits per heavy atom. The number of piperidine rings is 1. The van der Waals surface area contributed by atoms with Crippen molar-refractivity contribution in [3.8, 4) is 17.1 Å². The number of fused-ring (bicyclic) bond motifs is 1. The Bertz CT molecular complexity index is 930. The van der Waals surface area contributed by atoms with E-state index >= 15 is 0 Å². The first-order valence-electron chi connectivity index (χ1n) is 9.29. The van der Waals surface area contributed by atoms with Crippen LogP contribution in [0.4, 0.5) is 5.82 Å². The Hall–Kier alpha value is -2.74. The zero-order chi connectivity index (χ0) is 18.1. The molecule has 0 bridgehead atoms. The summed E-state index contributed by atoms with van der Waals surface area (Å²) < 4.78 is 11.4. The third-order valence-corrected chi connectivity index (χ3v) is 6.50. The molecule has 1 aliphatic carbocycles. The van der Waals surface area contributed by atoms with E-state index in [1.807, 2.05) is 6.07 Å². The molecule has 6 rings (SSSR count).